The lowest BCUT2D eigenvalue weighted by molar-refractivity contribution is 0.718. The molecule has 5 nitrogen and oxygen atoms in total. The van der Waals surface area contributed by atoms with Crippen molar-refractivity contribution in [1.82, 2.24) is 9.97 Å². The molecular weight excluding hydrogens is 454 g/mol. The van der Waals surface area contributed by atoms with Crippen LogP contribution in [-0.2, 0) is 0 Å². The van der Waals surface area contributed by atoms with Crippen molar-refractivity contribution >= 4 is 23.0 Å². The van der Waals surface area contributed by atoms with E-state index in [9.17, 15) is 0 Å². The molecule has 0 saturated heterocycles. The zero-order chi connectivity index (χ0) is 26.4. The molecule has 37 heavy (non-hydrogen) atoms. The van der Waals surface area contributed by atoms with Crippen molar-refractivity contribution in [3.63, 3.8) is 0 Å². The molecule has 0 saturated carbocycles. The maximum Gasteiger partial charge on any atom is 0.179 e. The fraction of sp³-hybridized carbons (Fsp3) is 0.312. The van der Waals surface area contributed by atoms with Crippen molar-refractivity contribution in [2.75, 3.05) is 9.80 Å². The first-order valence-corrected chi connectivity index (χ1v) is 13.1. The van der Waals surface area contributed by atoms with E-state index in [1.807, 2.05) is 0 Å². The van der Waals surface area contributed by atoms with Crippen LogP contribution in [0.5, 0.6) is 0 Å². The van der Waals surface area contributed by atoms with Gasteiger partial charge in [-0.2, -0.15) is 0 Å². The van der Waals surface area contributed by atoms with Gasteiger partial charge in [-0.3, -0.25) is 15.5 Å². The van der Waals surface area contributed by atoms with Crippen LogP contribution in [0, 0.1) is 20.8 Å². The Morgan fingerprint density at radius 1 is 0.730 bits per heavy atom. The van der Waals surface area contributed by atoms with Crippen LogP contribution in [0.15, 0.2) is 67.0 Å². The van der Waals surface area contributed by atoms with Gasteiger partial charge in [0.1, 0.15) is 0 Å². The van der Waals surface area contributed by atoms with Crippen LogP contribution in [-0.4, -0.2) is 16.3 Å². The maximum absolute atomic E-state index is 7.02. The third-order valence-electron chi connectivity index (χ3n) is 7.26. The quantitative estimate of drug-likeness (QED) is 0.308. The molecule has 0 radical (unpaired) electrons. The predicted molar refractivity (Wildman–Crippen MR) is 155 cm³/mol. The second-order valence-electron chi connectivity index (χ2n) is 10.8. The van der Waals surface area contributed by atoms with E-state index in [2.05, 4.69) is 113 Å². The number of hydrogen-bond donors (Lipinski definition) is 1. The number of benzene rings is 3. The Labute approximate surface area is 221 Å². The summed E-state index contributed by atoms with van der Waals surface area (Å²) in [4.78, 5) is 13.7. The van der Waals surface area contributed by atoms with Gasteiger partial charge in [0.15, 0.2) is 17.9 Å². The highest BCUT2D eigenvalue weighted by Gasteiger charge is 2.38. The number of rotatable bonds is 5. The van der Waals surface area contributed by atoms with Gasteiger partial charge in [0.25, 0.3) is 0 Å². The molecule has 190 valence electrons. The summed E-state index contributed by atoms with van der Waals surface area (Å²) in [7, 11) is 0. The number of nitrogens with two attached hydrogens (primary N) is 1. The van der Waals surface area contributed by atoms with E-state index >= 15 is 0 Å². The Kier molecular flexibility index (Phi) is 6.50. The summed E-state index contributed by atoms with van der Waals surface area (Å²) in [6.45, 7) is 15.4. The lowest BCUT2D eigenvalue weighted by Gasteiger charge is -2.30. The van der Waals surface area contributed by atoms with Gasteiger partial charge < -0.3 is 0 Å². The highest BCUT2D eigenvalue weighted by atomic mass is 15.5. The standard InChI is InChI=1S/C32H37N5/c1-19(2)26-9-8-10-27(20(3)4)29(26)24-12-11-23(7)28(18-24)37-31-30(34-13-14-35-31)36(32(37)33)25-16-21(5)15-22(6)17-25/h8-20,32H,33H2,1-7H3. The monoisotopic (exact) mass is 491 g/mol. The third kappa shape index (κ3) is 4.38. The summed E-state index contributed by atoms with van der Waals surface area (Å²) in [6, 6.07) is 19.9. The van der Waals surface area contributed by atoms with Crippen LogP contribution in [0.4, 0.5) is 23.0 Å². The molecule has 0 amide bonds. The van der Waals surface area contributed by atoms with E-state index in [-0.39, 0.29) is 0 Å². The first kappa shape index (κ1) is 25.0. The van der Waals surface area contributed by atoms with Gasteiger partial charge in [0.05, 0.1) is 0 Å². The highest BCUT2D eigenvalue weighted by molar-refractivity contribution is 5.86. The van der Waals surface area contributed by atoms with Crippen LogP contribution < -0.4 is 15.5 Å². The van der Waals surface area contributed by atoms with Crippen LogP contribution in [0.1, 0.15) is 67.3 Å². The Balaban J connectivity index is 1.69. The van der Waals surface area contributed by atoms with Crippen molar-refractivity contribution in [2.45, 2.75) is 66.6 Å². The van der Waals surface area contributed by atoms with E-state index in [1.54, 1.807) is 12.4 Å². The normalized spacial score (nSPS) is 15.1. The average molecular weight is 492 g/mol. The van der Waals surface area contributed by atoms with Crippen molar-refractivity contribution < 1.29 is 0 Å². The number of hydrogen-bond acceptors (Lipinski definition) is 5. The van der Waals surface area contributed by atoms with E-state index in [1.165, 1.54) is 33.4 Å². The molecule has 1 aromatic heterocycles. The average Bonchev–Trinajstić information content (AvgIpc) is 3.14. The summed E-state index contributed by atoms with van der Waals surface area (Å²) in [5, 5.41) is 0. The topological polar surface area (TPSA) is 58.3 Å². The molecule has 0 fully saturated rings. The highest BCUT2D eigenvalue weighted by Crippen LogP contribution is 2.46. The number of anilines is 4. The Morgan fingerprint density at radius 3 is 1.86 bits per heavy atom. The molecule has 4 aromatic rings. The molecule has 0 spiro atoms. The first-order chi connectivity index (χ1) is 17.7. The summed E-state index contributed by atoms with van der Waals surface area (Å²) in [6.07, 6.45) is 3.01. The summed E-state index contributed by atoms with van der Waals surface area (Å²) < 4.78 is 0. The largest absolute Gasteiger partial charge is 0.293 e. The third-order valence-corrected chi connectivity index (χ3v) is 7.26. The molecular formula is C32H37N5. The van der Waals surface area contributed by atoms with Crippen molar-refractivity contribution in [1.29, 1.82) is 0 Å². The van der Waals surface area contributed by atoms with Gasteiger partial charge in [0, 0.05) is 23.8 Å². The number of aryl methyl sites for hydroxylation is 3. The zero-order valence-corrected chi connectivity index (χ0v) is 22.9. The fourth-order valence-electron chi connectivity index (χ4n) is 5.56. The van der Waals surface area contributed by atoms with Crippen LogP contribution in [0.3, 0.4) is 0 Å². The smallest absolute Gasteiger partial charge is 0.179 e. The molecule has 1 atom stereocenters. The van der Waals surface area contributed by atoms with E-state index < -0.39 is 6.29 Å². The molecule has 0 aliphatic carbocycles. The fourth-order valence-corrected chi connectivity index (χ4v) is 5.56. The molecule has 2 heterocycles. The summed E-state index contributed by atoms with van der Waals surface area (Å²) in [5.74, 6) is 2.38. The minimum Gasteiger partial charge on any atom is -0.293 e. The van der Waals surface area contributed by atoms with Gasteiger partial charge in [-0.1, -0.05) is 64.1 Å². The van der Waals surface area contributed by atoms with Gasteiger partial charge in [-0.05, 0) is 89.8 Å². The minimum absolute atomic E-state index is 0.416. The summed E-state index contributed by atoms with van der Waals surface area (Å²) in [5.41, 5.74) is 17.9. The minimum atomic E-state index is -0.475. The van der Waals surface area contributed by atoms with Crippen LogP contribution in [0.2, 0.25) is 0 Å². The van der Waals surface area contributed by atoms with Gasteiger partial charge >= 0.3 is 0 Å². The molecule has 1 aliphatic heterocycles. The van der Waals surface area contributed by atoms with Gasteiger partial charge in [0.2, 0.25) is 0 Å². The first-order valence-electron chi connectivity index (χ1n) is 13.1. The molecule has 1 aliphatic rings. The molecule has 5 rings (SSSR count). The Hall–Kier alpha value is -3.70. The predicted octanol–water partition coefficient (Wildman–Crippen LogP) is 7.85. The van der Waals surface area contributed by atoms with Crippen molar-refractivity contribution in [3.8, 4) is 11.1 Å². The van der Waals surface area contributed by atoms with E-state index in [4.69, 9.17) is 15.7 Å². The maximum atomic E-state index is 7.02. The second kappa shape index (κ2) is 9.64. The van der Waals surface area contributed by atoms with Crippen molar-refractivity contribution in [3.05, 3.63) is 94.8 Å². The zero-order valence-electron chi connectivity index (χ0n) is 22.9. The van der Waals surface area contributed by atoms with E-state index in [0.29, 0.717) is 11.8 Å². The molecule has 1 unspecified atom stereocenters. The van der Waals surface area contributed by atoms with Crippen molar-refractivity contribution in [2.24, 2.45) is 5.73 Å². The van der Waals surface area contributed by atoms with E-state index in [0.717, 1.165) is 28.6 Å². The summed E-state index contributed by atoms with van der Waals surface area (Å²) >= 11 is 0. The van der Waals surface area contributed by atoms with Gasteiger partial charge in [-0.15, -0.1) is 0 Å². The Bertz CT molecular complexity index is 1410. The molecule has 5 heteroatoms. The second-order valence-corrected chi connectivity index (χ2v) is 10.8. The SMILES string of the molecule is Cc1cc(C)cc(N2c3nccnc3N(c3cc(-c4c(C(C)C)cccc4C(C)C)ccc3C)C2N)c1. The Morgan fingerprint density at radius 2 is 1.30 bits per heavy atom. The molecule has 3 aromatic carbocycles. The van der Waals surface area contributed by atoms with Crippen LogP contribution >= 0.6 is 0 Å². The number of aromatic nitrogens is 2. The molecule has 0 bridgehead atoms. The lowest BCUT2D eigenvalue weighted by Crippen LogP contribution is -2.46. The van der Waals surface area contributed by atoms with Gasteiger partial charge in [-0.25, -0.2) is 9.97 Å². The molecule has 2 N–H and O–H groups in total. The lowest BCUT2D eigenvalue weighted by atomic mass is 9.84. The number of nitrogens with zero attached hydrogens (tertiary/aromatic N) is 4. The number of fused-ring (bicyclic) bond motifs is 1. The van der Waals surface area contributed by atoms with Crippen LogP contribution in [0.25, 0.3) is 11.1 Å².